The van der Waals surface area contributed by atoms with Crippen molar-refractivity contribution >= 4 is 33.2 Å². The Kier molecular flexibility index (Phi) is 4.59. The van der Waals surface area contributed by atoms with Crippen molar-refractivity contribution in [1.82, 2.24) is 10.2 Å². The Morgan fingerprint density at radius 3 is 2.76 bits per heavy atom. The van der Waals surface area contributed by atoms with Crippen LogP contribution >= 0.6 is 27.3 Å². The predicted octanol–water partition coefficient (Wildman–Crippen LogP) is 2.61. The van der Waals surface area contributed by atoms with E-state index < -0.39 is 0 Å². The monoisotopic (exact) mass is 316 g/mol. The first kappa shape index (κ1) is 13.1. The van der Waals surface area contributed by atoms with Crippen LogP contribution in [-0.2, 0) is 11.3 Å². The van der Waals surface area contributed by atoms with E-state index in [1.165, 1.54) is 8.66 Å². The number of amides is 1. The molecule has 1 aliphatic heterocycles. The van der Waals surface area contributed by atoms with Crippen molar-refractivity contribution in [2.24, 2.45) is 0 Å². The Labute approximate surface area is 114 Å². The van der Waals surface area contributed by atoms with Gasteiger partial charge in [0.05, 0.1) is 3.79 Å². The van der Waals surface area contributed by atoms with E-state index in [9.17, 15) is 4.79 Å². The highest BCUT2D eigenvalue weighted by molar-refractivity contribution is 9.11. The number of nitrogens with one attached hydrogen (secondary N) is 1. The number of rotatable bonds is 3. The Morgan fingerprint density at radius 1 is 1.53 bits per heavy atom. The van der Waals surface area contributed by atoms with Crippen LogP contribution < -0.4 is 5.32 Å². The lowest BCUT2D eigenvalue weighted by Crippen LogP contribution is -2.43. The van der Waals surface area contributed by atoms with Crippen molar-refractivity contribution < 1.29 is 4.79 Å². The predicted molar refractivity (Wildman–Crippen MR) is 74.1 cm³/mol. The molecule has 5 heteroatoms. The summed E-state index contributed by atoms with van der Waals surface area (Å²) < 4.78 is 1.20. The van der Waals surface area contributed by atoms with Gasteiger partial charge >= 0.3 is 0 Å². The maximum Gasteiger partial charge on any atom is 0.217 e. The standard InChI is InChI=1S/C12H17BrN2OS/c1-9(16)14-10-4-6-15(7-5-10)8-11-2-3-12(13)17-11/h2-3,10H,4-8H2,1H3,(H,14,16). The van der Waals surface area contributed by atoms with Crippen LogP contribution in [0.5, 0.6) is 0 Å². The molecule has 0 unspecified atom stereocenters. The van der Waals surface area contributed by atoms with Crippen LogP contribution in [0.3, 0.4) is 0 Å². The molecule has 0 aromatic carbocycles. The molecule has 1 aromatic rings. The third-order valence-electron chi connectivity index (χ3n) is 3.00. The summed E-state index contributed by atoms with van der Waals surface area (Å²) in [6.45, 7) is 4.76. The molecule has 1 fully saturated rings. The second-order valence-electron chi connectivity index (χ2n) is 4.46. The first-order valence-electron chi connectivity index (χ1n) is 5.87. The Balaban J connectivity index is 1.77. The molecule has 0 atom stereocenters. The summed E-state index contributed by atoms with van der Waals surface area (Å²) in [6.07, 6.45) is 2.12. The summed E-state index contributed by atoms with van der Waals surface area (Å²) in [5.41, 5.74) is 0. The largest absolute Gasteiger partial charge is 0.354 e. The molecule has 1 aliphatic rings. The van der Waals surface area contributed by atoms with Crippen molar-refractivity contribution in [3.8, 4) is 0 Å². The molecule has 2 rings (SSSR count). The molecular formula is C12H17BrN2OS. The van der Waals surface area contributed by atoms with Crippen LogP contribution in [0.4, 0.5) is 0 Å². The molecule has 0 spiro atoms. The van der Waals surface area contributed by atoms with Gasteiger partial charge in [-0.05, 0) is 40.9 Å². The van der Waals surface area contributed by atoms with Crippen molar-refractivity contribution in [1.29, 1.82) is 0 Å². The summed E-state index contributed by atoms with van der Waals surface area (Å²) in [4.78, 5) is 14.8. The van der Waals surface area contributed by atoms with Crippen LogP contribution in [0.25, 0.3) is 0 Å². The average molecular weight is 317 g/mol. The molecule has 0 saturated carbocycles. The molecular weight excluding hydrogens is 300 g/mol. The Morgan fingerprint density at radius 2 is 2.24 bits per heavy atom. The van der Waals surface area contributed by atoms with E-state index in [1.807, 2.05) is 0 Å². The minimum absolute atomic E-state index is 0.0886. The summed E-state index contributed by atoms with van der Waals surface area (Å²) >= 11 is 5.28. The van der Waals surface area contributed by atoms with Crippen LogP contribution in [-0.4, -0.2) is 29.9 Å². The summed E-state index contributed by atoms with van der Waals surface area (Å²) in [5, 5.41) is 3.00. The van der Waals surface area contributed by atoms with Gasteiger partial charge in [0, 0.05) is 37.5 Å². The number of hydrogen-bond donors (Lipinski definition) is 1. The summed E-state index contributed by atoms with van der Waals surface area (Å²) in [6, 6.07) is 4.65. The highest BCUT2D eigenvalue weighted by atomic mass is 79.9. The lowest BCUT2D eigenvalue weighted by molar-refractivity contribution is -0.119. The normalized spacial score (nSPS) is 18.2. The second-order valence-corrected chi connectivity index (χ2v) is 7.00. The fourth-order valence-corrected chi connectivity index (χ4v) is 3.71. The van der Waals surface area contributed by atoms with Gasteiger partial charge in [-0.3, -0.25) is 9.69 Å². The number of carbonyl (C=O) groups is 1. The van der Waals surface area contributed by atoms with Crippen LogP contribution in [0, 0.1) is 0 Å². The van der Waals surface area contributed by atoms with E-state index in [4.69, 9.17) is 0 Å². The van der Waals surface area contributed by atoms with Crippen LogP contribution in [0.2, 0.25) is 0 Å². The number of nitrogens with zero attached hydrogens (tertiary/aromatic N) is 1. The van der Waals surface area contributed by atoms with Crippen molar-refractivity contribution in [2.75, 3.05) is 13.1 Å². The Bertz CT molecular complexity index is 386. The van der Waals surface area contributed by atoms with E-state index in [2.05, 4.69) is 38.3 Å². The van der Waals surface area contributed by atoms with Crippen LogP contribution in [0.15, 0.2) is 15.9 Å². The fraction of sp³-hybridized carbons (Fsp3) is 0.583. The van der Waals surface area contributed by atoms with E-state index in [-0.39, 0.29) is 5.91 Å². The number of hydrogen-bond acceptors (Lipinski definition) is 3. The summed E-state index contributed by atoms with van der Waals surface area (Å²) in [5.74, 6) is 0.0886. The van der Waals surface area contributed by atoms with Gasteiger partial charge in [-0.2, -0.15) is 0 Å². The minimum Gasteiger partial charge on any atom is -0.354 e. The first-order valence-corrected chi connectivity index (χ1v) is 7.48. The minimum atomic E-state index is 0.0886. The van der Waals surface area contributed by atoms with Gasteiger partial charge in [0.1, 0.15) is 0 Å². The zero-order valence-electron chi connectivity index (χ0n) is 9.91. The molecule has 94 valence electrons. The average Bonchev–Trinajstić information content (AvgIpc) is 2.66. The van der Waals surface area contributed by atoms with Gasteiger partial charge in [-0.15, -0.1) is 11.3 Å². The highest BCUT2D eigenvalue weighted by Gasteiger charge is 2.19. The lowest BCUT2D eigenvalue weighted by Gasteiger charge is -2.31. The van der Waals surface area contributed by atoms with Gasteiger partial charge in [0.15, 0.2) is 0 Å². The van der Waals surface area contributed by atoms with Gasteiger partial charge in [0.25, 0.3) is 0 Å². The zero-order chi connectivity index (χ0) is 12.3. The molecule has 0 bridgehead atoms. The van der Waals surface area contributed by atoms with Crippen molar-refractivity contribution in [3.63, 3.8) is 0 Å². The third-order valence-corrected chi connectivity index (χ3v) is 4.61. The number of piperidine rings is 1. The quantitative estimate of drug-likeness (QED) is 0.929. The second kappa shape index (κ2) is 5.98. The number of thiophene rings is 1. The van der Waals surface area contributed by atoms with Crippen molar-refractivity contribution in [2.45, 2.75) is 32.4 Å². The van der Waals surface area contributed by atoms with E-state index >= 15 is 0 Å². The van der Waals surface area contributed by atoms with E-state index in [0.717, 1.165) is 32.5 Å². The Hall–Kier alpha value is -0.390. The topological polar surface area (TPSA) is 32.3 Å². The molecule has 1 N–H and O–H groups in total. The first-order chi connectivity index (χ1) is 8.13. The molecule has 3 nitrogen and oxygen atoms in total. The van der Waals surface area contributed by atoms with Crippen molar-refractivity contribution in [3.05, 3.63) is 20.8 Å². The fourth-order valence-electron chi connectivity index (χ4n) is 2.18. The molecule has 17 heavy (non-hydrogen) atoms. The molecule has 1 amide bonds. The number of likely N-dealkylation sites (tertiary alicyclic amines) is 1. The summed E-state index contributed by atoms with van der Waals surface area (Å²) in [7, 11) is 0. The maximum absolute atomic E-state index is 11.0. The SMILES string of the molecule is CC(=O)NC1CCN(Cc2ccc(Br)s2)CC1. The number of halogens is 1. The van der Waals surface area contributed by atoms with Gasteiger partial charge in [-0.25, -0.2) is 0 Å². The smallest absolute Gasteiger partial charge is 0.217 e. The van der Waals surface area contributed by atoms with Crippen LogP contribution in [0.1, 0.15) is 24.6 Å². The molecule has 0 aliphatic carbocycles. The zero-order valence-corrected chi connectivity index (χ0v) is 12.3. The third kappa shape index (κ3) is 4.08. The van der Waals surface area contributed by atoms with E-state index in [1.54, 1.807) is 18.3 Å². The van der Waals surface area contributed by atoms with Gasteiger partial charge < -0.3 is 5.32 Å². The van der Waals surface area contributed by atoms with Gasteiger partial charge in [0.2, 0.25) is 5.91 Å². The molecule has 1 saturated heterocycles. The molecule has 0 radical (unpaired) electrons. The number of carbonyl (C=O) groups excluding carboxylic acids is 1. The van der Waals surface area contributed by atoms with Gasteiger partial charge in [-0.1, -0.05) is 0 Å². The molecule has 1 aromatic heterocycles. The maximum atomic E-state index is 11.0. The lowest BCUT2D eigenvalue weighted by atomic mass is 10.1. The van der Waals surface area contributed by atoms with E-state index in [0.29, 0.717) is 6.04 Å². The highest BCUT2D eigenvalue weighted by Crippen LogP contribution is 2.24. The molecule has 2 heterocycles.